The van der Waals surface area contributed by atoms with E-state index in [0.717, 1.165) is 29.3 Å². The SMILES string of the molecule is CCCCCCCC(=O)N(CCN1CCN(S(=O)(=O)c2ccc(Br)cc2)CC1)Cc1ccc(F)cc1. The molecule has 0 aliphatic carbocycles. The van der Waals surface area contributed by atoms with Crippen molar-refractivity contribution in [3.8, 4) is 0 Å². The molecule has 0 spiro atoms. The number of sulfonamides is 1. The van der Waals surface area contributed by atoms with Gasteiger partial charge in [-0.3, -0.25) is 9.69 Å². The van der Waals surface area contributed by atoms with Gasteiger partial charge < -0.3 is 4.90 Å². The van der Waals surface area contributed by atoms with E-state index in [2.05, 4.69) is 27.8 Å². The Morgan fingerprint density at radius 2 is 1.58 bits per heavy atom. The highest BCUT2D eigenvalue weighted by molar-refractivity contribution is 9.10. The molecule has 0 saturated carbocycles. The molecule has 2 aromatic carbocycles. The van der Waals surface area contributed by atoms with Crippen LogP contribution in [0.2, 0.25) is 0 Å². The van der Waals surface area contributed by atoms with Gasteiger partial charge in [0.1, 0.15) is 5.82 Å². The fourth-order valence-corrected chi connectivity index (χ4v) is 6.04. The molecule has 0 unspecified atom stereocenters. The maximum Gasteiger partial charge on any atom is 0.243 e. The summed E-state index contributed by atoms with van der Waals surface area (Å²) in [7, 11) is -3.52. The largest absolute Gasteiger partial charge is 0.337 e. The molecule has 0 bridgehead atoms. The molecular formula is C27H37BrFN3O3S. The molecule has 1 amide bonds. The predicted molar refractivity (Wildman–Crippen MR) is 145 cm³/mol. The average molecular weight is 583 g/mol. The van der Waals surface area contributed by atoms with E-state index in [1.165, 1.54) is 29.3 Å². The van der Waals surface area contributed by atoms with E-state index in [1.807, 2.05) is 4.90 Å². The molecule has 2 aromatic rings. The van der Waals surface area contributed by atoms with Gasteiger partial charge in [0.05, 0.1) is 4.90 Å². The number of benzene rings is 2. The predicted octanol–water partition coefficient (Wildman–Crippen LogP) is 5.28. The Morgan fingerprint density at radius 1 is 0.944 bits per heavy atom. The molecule has 6 nitrogen and oxygen atoms in total. The third kappa shape index (κ3) is 8.64. The van der Waals surface area contributed by atoms with Gasteiger partial charge in [0.2, 0.25) is 15.9 Å². The minimum absolute atomic E-state index is 0.118. The molecule has 1 heterocycles. The van der Waals surface area contributed by atoms with E-state index in [9.17, 15) is 17.6 Å². The number of rotatable bonds is 13. The van der Waals surface area contributed by atoms with E-state index >= 15 is 0 Å². The summed E-state index contributed by atoms with van der Waals surface area (Å²) in [4.78, 5) is 17.4. The van der Waals surface area contributed by atoms with E-state index in [4.69, 9.17) is 0 Å². The Balaban J connectivity index is 1.54. The van der Waals surface area contributed by atoms with Crippen LogP contribution in [0.5, 0.6) is 0 Å². The number of hydrogen-bond acceptors (Lipinski definition) is 4. The zero-order valence-electron chi connectivity index (χ0n) is 21.0. The van der Waals surface area contributed by atoms with Gasteiger partial charge in [0.25, 0.3) is 0 Å². The number of carbonyl (C=O) groups excluding carboxylic acids is 1. The fourth-order valence-electron chi connectivity index (χ4n) is 4.35. The van der Waals surface area contributed by atoms with Crippen LogP contribution >= 0.6 is 15.9 Å². The summed E-state index contributed by atoms with van der Waals surface area (Å²) in [5, 5.41) is 0. The van der Waals surface area contributed by atoms with Gasteiger partial charge in [-0.15, -0.1) is 0 Å². The van der Waals surface area contributed by atoms with Crippen LogP contribution in [-0.2, 0) is 21.4 Å². The Labute approximate surface area is 223 Å². The molecule has 198 valence electrons. The molecular weight excluding hydrogens is 545 g/mol. The molecule has 0 radical (unpaired) electrons. The van der Waals surface area contributed by atoms with Gasteiger partial charge in [0, 0.05) is 56.7 Å². The van der Waals surface area contributed by atoms with Gasteiger partial charge in [-0.2, -0.15) is 4.31 Å². The quantitative estimate of drug-likeness (QED) is 0.302. The summed E-state index contributed by atoms with van der Waals surface area (Å²) in [5.74, 6) is -0.171. The van der Waals surface area contributed by atoms with Crippen molar-refractivity contribution in [2.75, 3.05) is 39.3 Å². The average Bonchev–Trinajstić information content (AvgIpc) is 2.88. The van der Waals surface area contributed by atoms with E-state index in [0.29, 0.717) is 57.1 Å². The van der Waals surface area contributed by atoms with Crippen LogP contribution in [-0.4, -0.2) is 67.7 Å². The summed E-state index contributed by atoms with van der Waals surface area (Å²) in [6.45, 7) is 5.93. The lowest BCUT2D eigenvalue weighted by Gasteiger charge is -2.35. The highest BCUT2D eigenvalue weighted by atomic mass is 79.9. The van der Waals surface area contributed by atoms with Crippen LogP contribution in [0.1, 0.15) is 51.0 Å². The lowest BCUT2D eigenvalue weighted by Crippen LogP contribution is -2.50. The summed E-state index contributed by atoms with van der Waals surface area (Å²) in [5.41, 5.74) is 0.904. The van der Waals surface area contributed by atoms with Crippen molar-refractivity contribution >= 4 is 31.9 Å². The smallest absolute Gasteiger partial charge is 0.243 e. The van der Waals surface area contributed by atoms with Gasteiger partial charge in [-0.1, -0.05) is 60.7 Å². The molecule has 3 rings (SSSR count). The molecule has 0 N–H and O–H groups in total. The number of nitrogens with zero attached hydrogens (tertiary/aromatic N) is 3. The first-order valence-electron chi connectivity index (χ1n) is 12.8. The summed E-state index contributed by atoms with van der Waals surface area (Å²) < 4.78 is 41.7. The zero-order valence-corrected chi connectivity index (χ0v) is 23.4. The summed E-state index contributed by atoms with van der Waals surface area (Å²) in [6, 6.07) is 13.0. The maximum atomic E-state index is 13.3. The van der Waals surface area contributed by atoms with Crippen LogP contribution < -0.4 is 0 Å². The minimum Gasteiger partial charge on any atom is -0.337 e. The minimum atomic E-state index is -3.52. The first-order valence-corrected chi connectivity index (χ1v) is 15.0. The number of amides is 1. The summed E-state index contributed by atoms with van der Waals surface area (Å²) >= 11 is 3.34. The second-order valence-electron chi connectivity index (χ2n) is 9.31. The number of halogens is 2. The summed E-state index contributed by atoms with van der Waals surface area (Å²) in [6.07, 6.45) is 5.96. The molecule has 0 aromatic heterocycles. The molecule has 1 aliphatic heterocycles. The van der Waals surface area contributed by atoms with Crippen molar-refractivity contribution < 1.29 is 17.6 Å². The van der Waals surface area contributed by atoms with Gasteiger partial charge in [0.15, 0.2) is 0 Å². The zero-order chi connectivity index (χ0) is 26.0. The van der Waals surface area contributed by atoms with Crippen LogP contribution in [0.4, 0.5) is 4.39 Å². The highest BCUT2D eigenvalue weighted by Gasteiger charge is 2.28. The second kappa shape index (κ2) is 14.2. The standard InChI is InChI=1S/C27H37BrFN3O3S/c1-2-3-4-5-6-7-27(33)31(22-23-8-12-25(29)13-9-23)19-16-30-17-20-32(21-18-30)36(34,35)26-14-10-24(28)11-15-26/h8-15H,2-7,16-22H2,1H3. The van der Waals surface area contributed by atoms with Crippen LogP contribution in [0.25, 0.3) is 0 Å². The van der Waals surface area contributed by atoms with Crippen molar-refractivity contribution in [3.05, 3.63) is 64.4 Å². The molecule has 1 fully saturated rings. The second-order valence-corrected chi connectivity index (χ2v) is 12.2. The third-order valence-electron chi connectivity index (χ3n) is 6.60. The Morgan fingerprint density at radius 3 is 2.22 bits per heavy atom. The third-order valence-corrected chi connectivity index (χ3v) is 9.04. The monoisotopic (exact) mass is 581 g/mol. The first kappa shape index (κ1) is 28.8. The van der Waals surface area contributed by atoms with Gasteiger partial charge in [-0.25, -0.2) is 12.8 Å². The Kier molecular flexibility index (Phi) is 11.4. The topological polar surface area (TPSA) is 60.9 Å². The lowest BCUT2D eigenvalue weighted by atomic mass is 10.1. The first-order chi connectivity index (χ1) is 17.3. The number of carbonyl (C=O) groups is 1. The van der Waals surface area contributed by atoms with E-state index in [1.54, 1.807) is 36.4 Å². The van der Waals surface area contributed by atoms with Crippen LogP contribution in [0.15, 0.2) is 57.9 Å². The fraction of sp³-hybridized carbons (Fsp3) is 0.519. The van der Waals surface area contributed by atoms with Crippen molar-refractivity contribution in [2.24, 2.45) is 0 Å². The number of piperazine rings is 1. The van der Waals surface area contributed by atoms with Gasteiger partial charge >= 0.3 is 0 Å². The number of hydrogen-bond donors (Lipinski definition) is 0. The molecule has 36 heavy (non-hydrogen) atoms. The van der Waals surface area contributed by atoms with Crippen molar-refractivity contribution in [1.29, 1.82) is 0 Å². The van der Waals surface area contributed by atoms with Crippen LogP contribution in [0, 0.1) is 5.82 Å². The highest BCUT2D eigenvalue weighted by Crippen LogP contribution is 2.20. The molecule has 0 atom stereocenters. The lowest BCUT2D eigenvalue weighted by molar-refractivity contribution is -0.132. The Bertz CT molecular complexity index is 1060. The van der Waals surface area contributed by atoms with Gasteiger partial charge in [-0.05, 0) is 48.4 Å². The van der Waals surface area contributed by atoms with Crippen molar-refractivity contribution in [3.63, 3.8) is 0 Å². The normalized spacial score (nSPS) is 15.2. The van der Waals surface area contributed by atoms with Crippen molar-refractivity contribution in [1.82, 2.24) is 14.1 Å². The maximum absolute atomic E-state index is 13.3. The van der Waals surface area contributed by atoms with E-state index < -0.39 is 10.0 Å². The van der Waals surface area contributed by atoms with E-state index in [-0.39, 0.29) is 11.7 Å². The number of unbranched alkanes of at least 4 members (excludes halogenated alkanes) is 4. The van der Waals surface area contributed by atoms with Crippen LogP contribution in [0.3, 0.4) is 0 Å². The molecule has 1 saturated heterocycles. The molecule has 9 heteroatoms. The van der Waals surface area contributed by atoms with Crippen molar-refractivity contribution in [2.45, 2.75) is 56.9 Å². The molecule has 1 aliphatic rings. The Hall–Kier alpha value is -1.81.